The van der Waals surface area contributed by atoms with Crippen molar-refractivity contribution in [2.24, 2.45) is 0 Å². The maximum Gasteiger partial charge on any atom is 0.259 e. The van der Waals surface area contributed by atoms with Crippen LogP contribution in [0.4, 0.5) is 5.69 Å². The number of carbonyl (C=O) groups is 2. The molecule has 0 aliphatic heterocycles. The van der Waals surface area contributed by atoms with Crippen molar-refractivity contribution in [1.29, 1.82) is 0 Å². The van der Waals surface area contributed by atoms with E-state index in [1.54, 1.807) is 54.0 Å². The van der Waals surface area contributed by atoms with Crippen molar-refractivity contribution in [2.45, 2.75) is 13.3 Å². The van der Waals surface area contributed by atoms with Crippen molar-refractivity contribution in [3.63, 3.8) is 0 Å². The number of phenols is 1. The molecule has 0 saturated carbocycles. The van der Waals surface area contributed by atoms with Gasteiger partial charge in [-0.05, 0) is 24.3 Å². The zero-order valence-electron chi connectivity index (χ0n) is 12.5. The second kappa shape index (κ2) is 5.92. The predicted octanol–water partition coefficient (Wildman–Crippen LogP) is 2.88. The third kappa shape index (κ3) is 2.91. The molecule has 3 rings (SSSR count). The predicted molar refractivity (Wildman–Crippen MR) is 85.9 cm³/mol. The number of benzene rings is 1. The summed E-state index contributed by atoms with van der Waals surface area (Å²) in [5, 5.41) is 12.4. The van der Waals surface area contributed by atoms with Gasteiger partial charge in [0.25, 0.3) is 5.91 Å². The number of amides is 1. The molecular weight excluding hydrogens is 294 g/mol. The molecule has 3 aromatic rings. The molecule has 116 valence electrons. The molecule has 23 heavy (non-hydrogen) atoms. The summed E-state index contributed by atoms with van der Waals surface area (Å²) < 4.78 is 1.68. The molecule has 0 spiro atoms. The second-order valence-corrected chi connectivity index (χ2v) is 5.06. The van der Waals surface area contributed by atoms with Crippen LogP contribution in [0.3, 0.4) is 0 Å². The summed E-state index contributed by atoms with van der Waals surface area (Å²) in [7, 11) is 0. The Balaban J connectivity index is 1.87. The monoisotopic (exact) mass is 309 g/mol. The molecule has 0 unspecified atom stereocenters. The number of para-hydroxylation sites is 1. The van der Waals surface area contributed by atoms with Crippen LogP contribution in [0.2, 0.25) is 0 Å². The molecular formula is C17H15N3O3. The Bertz CT molecular complexity index is 899. The van der Waals surface area contributed by atoms with E-state index in [0.717, 1.165) is 0 Å². The van der Waals surface area contributed by atoms with Gasteiger partial charge >= 0.3 is 0 Å². The zero-order valence-corrected chi connectivity index (χ0v) is 12.5. The van der Waals surface area contributed by atoms with Crippen LogP contribution in [0.15, 0.2) is 48.8 Å². The van der Waals surface area contributed by atoms with Crippen molar-refractivity contribution >= 4 is 23.0 Å². The Kier molecular flexibility index (Phi) is 3.80. The first-order chi connectivity index (χ1) is 11.1. The van der Waals surface area contributed by atoms with Gasteiger partial charge in [0.1, 0.15) is 17.1 Å². The Morgan fingerprint density at radius 1 is 1.17 bits per heavy atom. The summed E-state index contributed by atoms with van der Waals surface area (Å²) in [5.74, 6) is -0.523. The first kappa shape index (κ1) is 14.8. The van der Waals surface area contributed by atoms with E-state index in [0.29, 0.717) is 23.4 Å². The number of ketones is 1. The van der Waals surface area contributed by atoms with E-state index in [4.69, 9.17) is 0 Å². The Morgan fingerprint density at radius 3 is 2.70 bits per heavy atom. The first-order valence-electron chi connectivity index (χ1n) is 7.20. The minimum Gasteiger partial charge on any atom is -0.507 e. The number of aromatic nitrogens is 2. The number of hydrogen-bond donors (Lipinski definition) is 2. The molecule has 0 aliphatic carbocycles. The molecule has 2 aromatic heterocycles. The maximum atomic E-state index is 12.2. The Labute approximate surface area is 132 Å². The van der Waals surface area contributed by atoms with Crippen LogP contribution >= 0.6 is 0 Å². The molecule has 0 saturated heterocycles. The van der Waals surface area contributed by atoms with Gasteiger partial charge in [0.15, 0.2) is 5.78 Å². The summed E-state index contributed by atoms with van der Waals surface area (Å²) in [6.45, 7) is 1.78. The molecule has 1 amide bonds. The summed E-state index contributed by atoms with van der Waals surface area (Å²) in [6, 6.07) is 9.73. The van der Waals surface area contributed by atoms with Crippen LogP contribution in [0.5, 0.6) is 5.75 Å². The van der Waals surface area contributed by atoms with Crippen molar-refractivity contribution in [1.82, 2.24) is 9.38 Å². The topological polar surface area (TPSA) is 83.7 Å². The number of imidazole rings is 1. The number of pyridine rings is 1. The minimum atomic E-state index is -0.410. The molecule has 6 heteroatoms. The van der Waals surface area contributed by atoms with E-state index in [-0.39, 0.29) is 17.1 Å². The van der Waals surface area contributed by atoms with E-state index in [1.165, 1.54) is 6.07 Å². The van der Waals surface area contributed by atoms with Gasteiger partial charge in [-0.25, -0.2) is 4.98 Å². The molecule has 0 aliphatic rings. The number of phenolic OH excluding ortho intramolecular Hbond substituents is 1. The lowest BCUT2D eigenvalue weighted by Gasteiger charge is -2.07. The SMILES string of the molecule is CCC(=O)c1cn2cc(NC(=O)c3ccccc3O)ccc2n1. The number of nitrogens with zero attached hydrogens (tertiary/aromatic N) is 2. The lowest BCUT2D eigenvalue weighted by Crippen LogP contribution is -2.12. The highest BCUT2D eigenvalue weighted by molar-refractivity contribution is 6.06. The highest BCUT2D eigenvalue weighted by Crippen LogP contribution is 2.18. The fourth-order valence-electron chi connectivity index (χ4n) is 2.25. The van der Waals surface area contributed by atoms with Gasteiger partial charge in [-0.1, -0.05) is 19.1 Å². The number of carbonyl (C=O) groups excluding carboxylic acids is 2. The Hall–Kier alpha value is -3.15. The number of nitrogens with one attached hydrogen (secondary N) is 1. The molecule has 1 aromatic carbocycles. The summed E-state index contributed by atoms with van der Waals surface area (Å²) in [6.07, 6.45) is 3.70. The highest BCUT2D eigenvalue weighted by Gasteiger charge is 2.12. The molecule has 0 fully saturated rings. The van der Waals surface area contributed by atoms with E-state index in [1.807, 2.05) is 0 Å². The van der Waals surface area contributed by atoms with Crippen LogP contribution in [0.1, 0.15) is 34.2 Å². The fraction of sp³-hybridized carbons (Fsp3) is 0.118. The number of aromatic hydroxyl groups is 1. The molecule has 0 radical (unpaired) electrons. The van der Waals surface area contributed by atoms with Gasteiger partial charge in [0.05, 0.1) is 11.3 Å². The lowest BCUT2D eigenvalue weighted by atomic mass is 10.2. The zero-order chi connectivity index (χ0) is 16.4. The maximum absolute atomic E-state index is 12.2. The number of fused-ring (bicyclic) bond motifs is 1. The van der Waals surface area contributed by atoms with Gasteiger partial charge in [0, 0.05) is 18.8 Å². The molecule has 6 nitrogen and oxygen atoms in total. The van der Waals surface area contributed by atoms with Crippen LogP contribution in [0.25, 0.3) is 5.65 Å². The van der Waals surface area contributed by atoms with E-state index >= 15 is 0 Å². The average Bonchev–Trinajstić information content (AvgIpc) is 2.97. The first-order valence-corrected chi connectivity index (χ1v) is 7.20. The largest absolute Gasteiger partial charge is 0.507 e. The number of hydrogen-bond acceptors (Lipinski definition) is 4. The van der Waals surface area contributed by atoms with Crippen molar-refractivity contribution in [3.8, 4) is 5.75 Å². The number of Topliss-reactive ketones (excluding diaryl/α,β-unsaturated/α-hetero) is 1. The normalized spacial score (nSPS) is 10.7. The van der Waals surface area contributed by atoms with E-state index in [9.17, 15) is 14.7 Å². The summed E-state index contributed by atoms with van der Waals surface area (Å²) in [4.78, 5) is 28.1. The van der Waals surface area contributed by atoms with Gasteiger partial charge in [0.2, 0.25) is 0 Å². The summed E-state index contributed by atoms with van der Waals surface area (Å²) in [5.41, 5.74) is 1.76. The number of rotatable bonds is 4. The van der Waals surface area contributed by atoms with Gasteiger partial charge in [-0.15, -0.1) is 0 Å². The van der Waals surface area contributed by atoms with Crippen LogP contribution in [-0.2, 0) is 0 Å². The average molecular weight is 309 g/mol. The highest BCUT2D eigenvalue weighted by atomic mass is 16.3. The van der Waals surface area contributed by atoms with Crippen LogP contribution < -0.4 is 5.32 Å². The third-order valence-corrected chi connectivity index (χ3v) is 3.46. The van der Waals surface area contributed by atoms with Gasteiger partial charge in [-0.3, -0.25) is 9.59 Å². The number of anilines is 1. The third-order valence-electron chi connectivity index (χ3n) is 3.46. The second-order valence-electron chi connectivity index (χ2n) is 5.06. The fourth-order valence-corrected chi connectivity index (χ4v) is 2.25. The summed E-state index contributed by atoms with van der Waals surface area (Å²) >= 11 is 0. The molecule has 2 heterocycles. The standard InChI is InChI=1S/C17H15N3O3/c1-2-14(21)13-10-20-9-11(7-8-16(20)19-13)18-17(23)12-5-3-4-6-15(12)22/h3-10,22H,2H2,1H3,(H,18,23). The molecule has 2 N–H and O–H groups in total. The molecule has 0 bridgehead atoms. The smallest absolute Gasteiger partial charge is 0.259 e. The Morgan fingerprint density at radius 2 is 1.96 bits per heavy atom. The van der Waals surface area contributed by atoms with Crippen LogP contribution in [0, 0.1) is 0 Å². The van der Waals surface area contributed by atoms with E-state index < -0.39 is 5.91 Å². The minimum absolute atomic E-state index is 0.0338. The van der Waals surface area contributed by atoms with Crippen LogP contribution in [-0.4, -0.2) is 26.2 Å². The van der Waals surface area contributed by atoms with Crippen molar-refractivity contribution in [3.05, 3.63) is 60.0 Å². The van der Waals surface area contributed by atoms with E-state index in [2.05, 4.69) is 10.3 Å². The molecule has 0 atom stereocenters. The van der Waals surface area contributed by atoms with Gasteiger partial charge < -0.3 is 14.8 Å². The van der Waals surface area contributed by atoms with Crippen molar-refractivity contribution < 1.29 is 14.7 Å². The lowest BCUT2D eigenvalue weighted by molar-refractivity contribution is 0.0982. The van der Waals surface area contributed by atoms with Crippen molar-refractivity contribution in [2.75, 3.05) is 5.32 Å². The van der Waals surface area contributed by atoms with Gasteiger partial charge in [-0.2, -0.15) is 0 Å². The quantitative estimate of drug-likeness (QED) is 0.726.